The van der Waals surface area contributed by atoms with E-state index in [-0.39, 0.29) is 17.2 Å². The minimum Gasteiger partial charge on any atom is -0.378 e. The van der Waals surface area contributed by atoms with Crippen LogP contribution in [-0.2, 0) is 26.0 Å². The van der Waals surface area contributed by atoms with E-state index < -0.39 is 16.1 Å². The molecule has 0 saturated carbocycles. The highest BCUT2D eigenvalue weighted by molar-refractivity contribution is 7.89. The summed E-state index contributed by atoms with van der Waals surface area (Å²) < 4.78 is 33.4. The van der Waals surface area contributed by atoms with E-state index in [9.17, 15) is 13.2 Å². The molecular weight excluding hydrogens is 388 g/mol. The van der Waals surface area contributed by atoms with Gasteiger partial charge in [-0.3, -0.25) is 4.79 Å². The fraction of sp³-hybridized carbons (Fsp3) is 0.316. The second kappa shape index (κ2) is 8.84. The molecule has 3 rings (SSSR count). The Morgan fingerprint density at radius 3 is 2.33 bits per heavy atom. The Labute approximate surface area is 164 Å². The molecule has 0 spiro atoms. The first-order valence-corrected chi connectivity index (χ1v) is 10.5. The minimum absolute atomic E-state index is 0.0692. The standard InChI is InChI=1S/C19H21ClN2O4S/c20-16-6-8-17(9-7-16)27(24,25)21-18(14-15-4-2-1-3-5-15)19(23)22-10-12-26-13-11-22/h1-9,18,21H,10-14H2/t18-/m0/s1. The van der Waals surface area contributed by atoms with Gasteiger partial charge in [0, 0.05) is 18.1 Å². The molecule has 8 heteroatoms. The highest BCUT2D eigenvalue weighted by atomic mass is 35.5. The number of morpholine rings is 1. The lowest BCUT2D eigenvalue weighted by Crippen LogP contribution is -2.52. The Kier molecular flexibility index (Phi) is 6.49. The zero-order valence-corrected chi connectivity index (χ0v) is 16.2. The van der Waals surface area contributed by atoms with Gasteiger partial charge in [0.15, 0.2) is 0 Å². The molecule has 1 N–H and O–H groups in total. The van der Waals surface area contributed by atoms with Gasteiger partial charge in [0.1, 0.15) is 6.04 Å². The van der Waals surface area contributed by atoms with Gasteiger partial charge in [-0.15, -0.1) is 0 Å². The normalized spacial score (nSPS) is 16.1. The lowest BCUT2D eigenvalue weighted by atomic mass is 10.1. The van der Waals surface area contributed by atoms with E-state index in [1.807, 2.05) is 30.3 Å². The summed E-state index contributed by atoms with van der Waals surface area (Å²) in [5.74, 6) is -0.250. The van der Waals surface area contributed by atoms with Crippen LogP contribution in [0.2, 0.25) is 5.02 Å². The molecule has 1 heterocycles. The molecule has 0 aliphatic carbocycles. The molecule has 1 aliphatic heterocycles. The van der Waals surface area contributed by atoms with Crippen molar-refractivity contribution in [3.63, 3.8) is 0 Å². The summed E-state index contributed by atoms with van der Waals surface area (Å²) in [6.45, 7) is 1.81. The van der Waals surface area contributed by atoms with Crippen molar-refractivity contribution in [3.8, 4) is 0 Å². The summed E-state index contributed by atoms with van der Waals surface area (Å²) in [4.78, 5) is 14.7. The average molecular weight is 409 g/mol. The Balaban J connectivity index is 1.84. The van der Waals surface area contributed by atoms with Gasteiger partial charge in [-0.25, -0.2) is 8.42 Å². The third-order valence-corrected chi connectivity index (χ3v) is 6.06. The maximum Gasteiger partial charge on any atom is 0.241 e. The van der Waals surface area contributed by atoms with Gasteiger partial charge < -0.3 is 9.64 Å². The summed E-state index contributed by atoms with van der Waals surface area (Å²) in [5, 5.41) is 0.444. The van der Waals surface area contributed by atoms with Gasteiger partial charge in [-0.05, 0) is 36.2 Å². The summed E-state index contributed by atoms with van der Waals surface area (Å²) in [5.41, 5.74) is 0.878. The van der Waals surface area contributed by atoms with Crippen LogP contribution in [-0.4, -0.2) is 51.6 Å². The number of nitrogens with one attached hydrogen (secondary N) is 1. The SMILES string of the molecule is O=C([C@H](Cc1ccccc1)NS(=O)(=O)c1ccc(Cl)cc1)N1CCOCC1. The van der Waals surface area contributed by atoms with Gasteiger partial charge in [0.2, 0.25) is 15.9 Å². The number of carbonyl (C=O) groups excluding carboxylic acids is 1. The second-order valence-electron chi connectivity index (χ2n) is 6.26. The first-order valence-electron chi connectivity index (χ1n) is 8.64. The van der Waals surface area contributed by atoms with Crippen molar-refractivity contribution in [1.29, 1.82) is 0 Å². The van der Waals surface area contributed by atoms with E-state index >= 15 is 0 Å². The number of nitrogens with zero attached hydrogens (tertiary/aromatic N) is 1. The predicted octanol–water partition coefficient (Wildman–Crippen LogP) is 2.09. The number of hydrogen-bond donors (Lipinski definition) is 1. The largest absolute Gasteiger partial charge is 0.378 e. The summed E-state index contributed by atoms with van der Waals surface area (Å²) in [6.07, 6.45) is 0.268. The maximum absolute atomic E-state index is 13.0. The number of benzene rings is 2. The van der Waals surface area contributed by atoms with Crippen LogP contribution in [0, 0.1) is 0 Å². The molecule has 0 radical (unpaired) electrons. The smallest absolute Gasteiger partial charge is 0.241 e. The van der Waals surface area contributed by atoms with E-state index in [0.717, 1.165) is 5.56 Å². The van der Waals surface area contributed by atoms with Crippen LogP contribution in [0.15, 0.2) is 59.5 Å². The van der Waals surface area contributed by atoms with Crippen molar-refractivity contribution < 1.29 is 17.9 Å². The molecule has 0 aromatic heterocycles. The van der Waals surface area contributed by atoms with E-state index in [1.54, 1.807) is 4.90 Å². The molecule has 1 fully saturated rings. The number of carbonyl (C=O) groups is 1. The van der Waals surface area contributed by atoms with Crippen LogP contribution in [0.5, 0.6) is 0 Å². The zero-order chi connectivity index (χ0) is 19.3. The molecule has 6 nitrogen and oxygen atoms in total. The molecule has 144 valence electrons. The summed E-state index contributed by atoms with van der Waals surface area (Å²) in [6, 6.07) is 14.3. The molecule has 27 heavy (non-hydrogen) atoms. The van der Waals surface area contributed by atoms with Crippen LogP contribution < -0.4 is 4.72 Å². The van der Waals surface area contributed by atoms with Gasteiger partial charge in [0.25, 0.3) is 0 Å². The van der Waals surface area contributed by atoms with E-state index in [4.69, 9.17) is 16.3 Å². The van der Waals surface area contributed by atoms with Crippen molar-refractivity contribution in [1.82, 2.24) is 9.62 Å². The van der Waals surface area contributed by atoms with E-state index in [1.165, 1.54) is 24.3 Å². The van der Waals surface area contributed by atoms with Crippen LogP contribution in [0.4, 0.5) is 0 Å². The maximum atomic E-state index is 13.0. The quantitative estimate of drug-likeness (QED) is 0.794. The van der Waals surface area contributed by atoms with Crippen LogP contribution in [0.25, 0.3) is 0 Å². The fourth-order valence-electron chi connectivity index (χ4n) is 2.90. The molecule has 0 unspecified atom stereocenters. The van der Waals surface area contributed by atoms with E-state index in [0.29, 0.717) is 31.3 Å². The third kappa shape index (κ3) is 5.29. The Morgan fingerprint density at radius 1 is 1.07 bits per heavy atom. The fourth-order valence-corrected chi connectivity index (χ4v) is 4.22. The van der Waals surface area contributed by atoms with Gasteiger partial charge >= 0.3 is 0 Å². The number of amides is 1. The molecule has 1 aliphatic rings. The average Bonchev–Trinajstić information content (AvgIpc) is 2.68. The predicted molar refractivity (Wildman–Crippen MR) is 103 cm³/mol. The third-order valence-electron chi connectivity index (χ3n) is 4.32. The van der Waals surface area contributed by atoms with Gasteiger partial charge in [-0.1, -0.05) is 41.9 Å². The monoisotopic (exact) mass is 408 g/mol. The molecule has 0 bridgehead atoms. The Hall–Kier alpha value is -1.93. The molecule has 1 saturated heterocycles. The molecule has 2 aromatic carbocycles. The molecule has 1 atom stereocenters. The second-order valence-corrected chi connectivity index (χ2v) is 8.41. The zero-order valence-electron chi connectivity index (χ0n) is 14.7. The van der Waals surface area contributed by atoms with Crippen molar-refractivity contribution in [3.05, 3.63) is 65.2 Å². The first kappa shape index (κ1) is 19.8. The molecule has 2 aromatic rings. The van der Waals surface area contributed by atoms with Gasteiger partial charge in [-0.2, -0.15) is 4.72 Å². The topological polar surface area (TPSA) is 75.7 Å². The number of halogens is 1. The molecular formula is C19H21ClN2O4S. The van der Waals surface area contributed by atoms with E-state index in [2.05, 4.69) is 4.72 Å². The number of hydrogen-bond acceptors (Lipinski definition) is 4. The van der Waals surface area contributed by atoms with Crippen molar-refractivity contribution >= 4 is 27.5 Å². The summed E-state index contributed by atoms with van der Waals surface area (Å²) >= 11 is 5.84. The summed E-state index contributed by atoms with van der Waals surface area (Å²) in [7, 11) is -3.87. The van der Waals surface area contributed by atoms with Crippen molar-refractivity contribution in [2.75, 3.05) is 26.3 Å². The Bertz CT molecular complexity index is 866. The minimum atomic E-state index is -3.87. The van der Waals surface area contributed by atoms with Crippen molar-refractivity contribution in [2.45, 2.75) is 17.4 Å². The number of rotatable bonds is 6. The number of ether oxygens (including phenoxy) is 1. The van der Waals surface area contributed by atoms with Crippen LogP contribution in [0.3, 0.4) is 0 Å². The van der Waals surface area contributed by atoms with Crippen molar-refractivity contribution in [2.24, 2.45) is 0 Å². The lowest BCUT2D eigenvalue weighted by Gasteiger charge is -2.30. The highest BCUT2D eigenvalue weighted by Gasteiger charge is 2.30. The first-order chi connectivity index (χ1) is 13.0. The van der Waals surface area contributed by atoms with Crippen LogP contribution in [0.1, 0.15) is 5.56 Å². The van der Waals surface area contributed by atoms with Crippen LogP contribution >= 0.6 is 11.6 Å². The lowest BCUT2D eigenvalue weighted by molar-refractivity contribution is -0.137. The van der Waals surface area contributed by atoms with Gasteiger partial charge in [0.05, 0.1) is 18.1 Å². The molecule has 1 amide bonds. The highest BCUT2D eigenvalue weighted by Crippen LogP contribution is 2.16. The Morgan fingerprint density at radius 2 is 1.70 bits per heavy atom. The number of sulfonamides is 1.